The van der Waals surface area contributed by atoms with E-state index in [1.165, 1.54) is 5.56 Å². The first-order valence-electron chi connectivity index (χ1n) is 6.73. The Hall–Kier alpha value is -2.73. The van der Waals surface area contributed by atoms with Crippen LogP contribution in [0.3, 0.4) is 0 Å². The second-order valence-corrected chi connectivity index (χ2v) is 5.24. The third-order valence-electron chi connectivity index (χ3n) is 3.33. The Morgan fingerprint density at radius 3 is 2.82 bits per heavy atom. The summed E-state index contributed by atoms with van der Waals surface area (Å²) in [5.74, 6) is 0.540. The number of halogens is 1. The lowest BCUT2D eigenvalue weighted by Gasteiger charge is -2.01. The number of fused-ring (bicyclic) bond motifs is 1. The van der Waals surface area contributed by atoms with Gasteiger partial charge in [-0.3, -0.25) is 9.78 Å². The topological polar surface area (TPSA) is 72.3 Å². The van der Waals surface area contributed by atoms with Crippen LogP contribution >= 0.6 is 11.6 Å². The third-order valence-corrected chi connectivity index (χ3v) is 3.61. The van der Waals surface area contributed by atoms with Gasteiger partial charge in [0, 0.05) is 6.20 Å². The monoisotopic (exact) mass is 310 g/mol. The van der Waals surface area contributed by atoms with Crippen molar-refractivity contribution in [2.75, 3.05) is 0 Å². The molecule has 3 aromatic heterocycles. The first-order valence-corrected chi connectivity index (χ1v) is 7.11. The summed E-state index contributed by atoms with van der Waals surface area (Å²) in [4.78, 5) is 8.74. The lowest BCUT2D eigenvalue weighted by molar-refractivity contribution is 0.687. The Kier molecular flexibility index (Phi) is 3.08. The first kappa shape index (κ1) is 13.0. The van der Waals surface area contributed by atoms with Crippen molar-refractivity contribution >= 4 is 22.6 Å². The van der Waals surface area contributed by atoms with Gasteiger partial charge in [0.1, 0.15) is 11.0 Å². The molecule has 7 heteroatoms. The highest BCUT2D eigenvalue weighted by atomic mass is 35.5. The summed E-state index contributed by atoms with van der Waals surface area (Å²) in [7, 11) is 0. The second kappa shape index (κ2) is 5.23. The van der Waals surface area contributed by atoms with Crippen LogP contribution in [-0.4, -0.2) is 29.9 Å². The van der Waals surface area contributed by atoms with E-state index in [4.69, 9.17) is 11.6 Å². The van der Waals surface area contributed by atoms with Crippen LogP contribution in [0.5, 0.6) is 0 Å². The fourth-order valence-corrected chi connectivity index (χ4v) is 2.49. The Bertz CT molecular complexity index is 928. The van der Waals surface area contributed by atoms with Crippen molar-refractivity contribution < 1.29 is 0 Å². The van der Waals surface area contributed by atoms with Crippen LogP contribution in [0.25, 0.3) is 22.4 Å². The molecule has 108 valence electrons. The SMILES string of the molecule is Clc1nc(-c2cnn(Cc3ccccc3)c2)nc2cn[nH]c12. The minimum absolute atomic E-state index is 0.355. The van der Waals surface area contributed by atoms with Crippen molar-refractivity contribution in [3.63, 3.8) is 0 Å². The summed E-state index contributed by atoms with van der Waals surface area (Å²) in [6, 6.07) is 10.1. The van der Waals surface area contributed by atoms with Crippen LogP contribution < -0.4 is 0 Å². The number of hydrogen-bond acceptors (Lipinski definition) is 4. The molecule has 0 amide bonds. The zero-order chi connectivity index (χ0) is 14.9. The van der Waals surface area contributed by atoms with Crippen molar-refractivity contribution in [2.45, 2.75) is 6.54 Å². The molecule has 0 aliphatic heterocycles. The molecule has 1 N–H and O–H groups in total. The van der Waals surface area contributed by atoms with Gasteiger partial charge in [0.25, 0.3) is 0 Å². The molecule has 4 aromatic rings. The summed E-state index contributed by atoms with van der Waals surface area (Å²) in [6.07, 6.45) is 5.27. The van der Waals surface area contributed by atoms with Gasteiger partial charge in [0.2, 0.25) is 0 Å². The molecule has 0 radical (unpaired) electrons. The van der Waals surface area contributed by atoms with E-state index < -0.39 is 0 Å². The zero-order valence-electron chi connectivity index (χ0n) is 11.4. The molecule has 0 bridgehead atoms. The normalized spacial score (nSPS) is 11.1. The third kappa shape index (κ3) is 2.33. The van der Waals surface area contributed by atoms with Gasteiger partial charge < -0.3 is 0 Å². The fourth-order valence-electron chi connectivity index (χ4n) is 2.27. The number of aromatic amines is 1. The van der Waals surface area contributed by atoms with E-state index in [1.807, 2.05) is 29.1 Å². The number of benzene rings is 1. The van der Waals surface area contributed by atoms with Crippen molar-refractivity contribution in [3.05, 3.63) is 59.6 Å². The molecule has 0 saturated heterocycles. The van der Waals surface area contributed by atoms with Crippen LogP contribution in [0.1, 0.15) is 5.56 Å². The molecule has 0 fully saturated rings. The van der Waals surface area contributed by atoms with E-state index in [0.29, 0.717) is 28.6 Å². The Balaban J connectivity index is 1.67. The fraction of sp³-hybridized carbons (Fsp3) is 0.0667. The van der Waals surface area contributed by atoms with E-state index in [0.717, 1.165) is 5.56 Å². The van der Waals surface area contributed by atoms with Gasteiger partial charge in [-0.2, -0.15) is 10.2 Å². The van der Waals surface area contributed by atoms with Crippen LogP contribution in [-0.2, 0) is 6.54 Å². The molecule has 1 aromatic carbocycles. The number of nitrogens with zero attached hydrogens (tertiary/aromatic N) is 5. The molecule has 0 atom stereocenters. The van der Waals surface area contributed by atoms with E-state index >= 15 is 0 Å². The van der Waals surface area contributed by atoms with Crippen LogP contribution in [0.15, 0.2) is 48.9 Å². The largest absolute Gasteiger partial charge is 0.273 e. The Morgan fingerprint density at radius 2 is 1.95 bits per heavy atom. The standard InChI is InChI=1S/C15H11ClN6/c16-14-13-12(7-17-21-13)19-15(20-14)11-6-18-22(9-11)8-10-4-2-1-3-5-10/h1-7,9H,8H2,(H,17,21). The number of nitrogens with one attached hydrogen (secondary N) is 1. The number of rotatable bonds is 3. The maximum Gasteiger partial charge on any atom is 0.164 e. The van der Waals surface area contributed by atoms with Crippen LogP contribution in [0.4, 0.5) is 0 Å². The zero-order valence-corrected chi connectivity index (χ0v) is 12.2. The molecule has 3 heterocycles. The smallest absolute Gasteiger partial charge is 0.164 e. The molecular weight excluding hydrogens is 300 g/mol. The lowest BCUT2D eigenvalue weighted by atomic mass is 10.2. The Morgan fingerprint density at radius 1 is 1.09 bits per heavy atom. The predicted molar refractivity (Wildman–Crippen MR) is 83.5 cm³/mol. The quantitative estimate of drug-likeness (QED) is 0.591. The lowest BCUT2D eigenvalue weighted by Crippen LogP contribution is -1.99. The average molecular weight is 311 g/mol. The van der Waals surface area contributed by atoms with Crippen molar-refractivity contribution in [1.29, 1.82) is 0 Å². The van der Waals surface area contributed by atoms with Gasteiger partial charge in [-0.1, -0.05) is 41.9 Å². The number of H-pyrrole nitrogens is 1. The van der Waals surface area contributed by atoms with Gasteiger partial charge in [-0.25, -0.2) is 9.97 Å². The molecule has 22 heavy (non-hydrogen) atoms. The van der Waals surface area contributed by atoms with Crippen molar-refractivity contribution in [1.82, 2.24) is 29.9 Å². The summed E-state index contributed by atoms with van der Waals surface area (Å²) in [5.41, 5.74) is 3.33. The van der Waals surface area contributed by atoms with Gasteiger partial charge in [-0.15, -0.1) is 0 Å². The molecular formula is C15H11ClN6. The summed E-state index contributed by atoms with van der Waals surface area (Å²) >= 11 is 6.14. The van der Waals surface area contributed by atoms with E-state index in [-0.39, 0.29) is 0 Å². The predicted octanol–water partition coefficient (Wildman–Crippen LogP) is 2.92. The van der Waals surface area contributed by atoms with E-state index in [1.54, 1.807) is 12.4 Å². The van der Waals surface area contributed by atoms with E-state index in [9.17, 15) is 0 Å². The maximum absolute atomic E-state index is 6.14. The van der Waals surface area contributed by atoms with Crippen molar-refractivity contribution in [3.8, 4) is 11.4 Å². The van der Waals surface area contributed by atoms with Crippen LogP contribution in [0, 0.1) is 0 Å². The average Bonchev–Trinajstić information content (AvgIpc) is 3.17. The molecule has 6 nitrogen and oxygen atoms in total. The van der Waals surface area contributed by atoms with E-state index in [2.05, 4.69) is 37.4 Å². The molecule has 0 aliphatic carbocycles. The summed E-state index contributed by atoms with van der Waals surface area (Å²) < 4.78 is 1.85. The summed E-state index contributed by atoms with van der Waals surface area (Å²) in [5, 5.41) is 11.4. The highest BCUT2D eigenvalue weighted by Gasteiger charge is 2.11. The molecule has 0 aliphatic rings. The summed E-state index contributed by atoms with van der Waals surface area (Å²) in [6.45, 7) is 0.697. The van der Waals surface area contributed by atoms with Gasteiger partial charge >= 0.3 is 0 Å². The first-order chi connectivity index (χ1) is 10.8. The number of aromatic nitrogens is 6. The molecule has 0 saturated carbocycles. The molecule has 0 spiro atoms. The molecule has 0 unspecified atom stereocenters. The van der Waals surface area contributed by atoms with Gasteiger partial charge in [0.15, 0.2) is 11.0 Å². The Labute approximate surface area is 130 Å². The van der Waals surface area contributed by atoms with Crippen LogP contribution in [0.2, 0.25) is 5.15 Å². The highest BCUT2D eigenvalue weighted by molar-refractivity contribution is 6.33. The maximum atomic E-state index is 6.14. The minimum Gasteiger partial charge on any atom is -0.273 e. The van der Waals surface area contributed by atoms with Gasteiger partial charge in [-0.05, 0) is 5.56 Å². The molecule has 4 rings (SSSR count). The highest BCUT2D eigenvalue weighted by Crippen LogP contribution is 2.22. The minimum atomic E-state index is 0.355. The van der Waals surface area contributed by atoms with Gasteiger partial charge in [0.05, 0.1) is 24.5 Å². The second-order valence-electron chi connectivity index (χ2n) is 4.88. The number of hydrogen-bond donors (Lipinski definition) is 1. The van der Waals surface area contributed by atoms with Crippen molar-refractivity contribution in [2.24, 2.45) is 0 Å².